The van der Waals surface area contributed by atoms with E-state index in [2.05, 4.69) is 10.6 Å². The largest absolute Gasteiger partial charge is 0.485 e. The number of nitrogens with zero attached hydrogens (tertiary/aromatic N) is 1. The van der Waals surface area contributed by atoms with Crippen LogP contribution in [-0.4, -0.2) is 78.1 Å². The molecule has 232 valence electrons. The molecule has 1 saturated heterocycles. The van der Waals surface area contributed by atoms with Gasteiger partial charge in [0.25, 0.3) is 5.91 Å². The number of carbonyl (C=O) groups is 2. The first kappa shape index (κ1) is 30.8. The molecule has 43 heavy (non-hydrogen) atoms. The summed E-state index contributed by atoms with van der Waals surface area (Å²) in [5, 5.41) is 26.4. The number of methoxy groups -OCH3 is 2. The second-order valence-corrected chi connectivity index (χ2v) is 12.2. The summed E-state index contributed by atoms with van der Waals surface area (Å²) in [5.41, 5.74) is -1.05. The van der Waals surface area contributed by atoms with Crippen LogP contribution in [0.25, 0.3) is 0 Å². The number of hydrogen-bond acceptors (Lipinski definition) is 8. The highest BCUT2D eigenvalue weighted by Gasteiger charge is 2.56. The van der Waals surface area contributed by atoms with Gasteiger partial charge in [-0.3, -0.25) is 19.9 Å². The number of aliphatic hydroxyl groups is 1. The molecule has 3 heterocycles. The predicted molar refractivity (Wildman–Crippen MR) is 159 cm³/mol. The van der Waals surface area contributed by atoms with Gasteiger partial charge in [-0.05, 0) is 51.0 Å². The van der Waals surface area contributed by atoms with Gasteiger partial charge in [-0.25, -0.2) is 0 Å². The fraction of sp³-hybridized carbons (Fsp3) is 0.531. The first-order chi connectivity index (χ1) is 20.4. The monoisotopic (exact) mass is 594 g/mol. The van der Waals surface area contributed by atoms with E-state index in [1.54, 1.807) is 46.3 Å². The number of ether oxygens (including phenoxy) is 4. The summed E-state index contributed by atoms with van der Waals surface area (Å²) in [6.45, 7) is 7.71. The van der Waals surface area contributed by atoms with Gasteiger partial charge in [-0.2, -0.15) is 0 Å². The van der Waals surface area contributed by atoms with Crippen LogP contribution in [0, 0.1) is 5.41 Å². The summed E-state index contributed by atoms with van der Waals surface area (Å²) >= 11 is 0. The van der Waals surface area contributed by atoms with Gasteiger partial charge < -0.3 is 34.7 Å². The van der Waals surface area contributed by atoms with Crippen LogP contribution in [0.1, 0.15) is 80.5 Å². The molecular formula is C32H42N4O7. The summed E-state index contributed by atoms with van der Waals surface area (Å²) in [4.78, 5) is 29.0. The van der Waals surface area contributed by atoms with Crippen molar-refractivity contribution in [2.24, 2.45) is 0 Å². The number of fused-ring (bicyclic) bond motifs is 2. The van der Waals surface area contributed by atoms with E-state index in [1.807, 2.05) is 38.1 Å². The van der Waals surface area contributed by atoms with Gasteiger partial charge in [-0.1, -0.05) is 32.0 Å². The predicted octanol–water partition coefficient (Wildman–Crippen LogP) is 3.47. The molecule has 2 aromatic rings. The summed E-state index contributed by atoms with van der Waals surface area (Å²) in [7, 11) is 3.08. The highest BCUT2D eigenvalue weighted by atomic mass is 16.6. The Balaban J connectivity index is 1.53. The molecule has 0 radical (unpaired) electrons. The lowest BCUT2D eigenvalue weighted by Crippen LogP contribution is -2.66. The Morgan fingerprint density at radius 3 is 2.35 bits per heavy atom. The number of amides is 2. The minimum absolute atomic E-state index is 0.0306. The van der Waals surface area contributed by atoms with Crippen LogP contribution in [0.15, 0.2) is 42.5 Å². The van der Waals surface area contributed by atoms with Crippen molar-refractivity contribution in [3.63, 3.8) is 0 Å². The smallest absolute Gasteiger partial charge is 0.251 e. The number of carbonyl (C=O) groups excluding carboxylic acids is 2. The lowest BCUT2D eigenvalue weighted by molar-refractivity contribution is -0.141. The zero-order valence-electron chi connectivity index (χ0n) is 25.7. The molecule has 2 aromatic carbocycles. The third-order valence-corrected chi connectivity index (χ3v) is 9.09. The fourth-order valence-corrected chi connectivity index (χ4v) is 6.61. The number of nitrogens with one attached hydrogen (secondary N) is 3. The lowest BCUT2D eigenvalue weighted by Gasteiger charge is -2.47. The summed E-state index contributed by atoms with van der Waals surface area (Å²) in [5.74, 6) is 0.403. The van der Waals surface area contributed by atoms with Gasteiger partial charge >= 0.3 is 0 Å². The highest BCUT2D eigenvalue weighted by molar-refractivity contribution is 6.00. The Morgan fingerprint density at radius 2 is 1.72 bits per heavy atom. The van der Waals surface area contributed by atoms with Gasteiger partial charge in [0.1, 0.15) is 29.2 Å². The van der Waals surface area contributed by atoms with Gasteiger partial charge in [0.05, 0.1) is 25.7 Å². The van der Waals surface area contributed by atoms with Crippen LogP contribution >= 0.6 is 0 Å². The molecule has 11 nitrogen and oxygen atoms in total. The average Bonchev–Trinajstić information content (AvgIpc) is 3.27. The van der Waals surface area contributed by atoms with Crippen molar-refractivity contribution in [2.75, 3.05) is 27.4 Å². The number of hydrogen-bond donors (Lipinski definition) is 4. The highest BCUT2D eigenvalue weighted by Crippen LogP contribution is 2.49. The zero-order valence-corrected chi connectivity index (χ0v) is 25.7. The number of para-hydroxylation sites is 1. The van der Waals surface area contributed by atoms with Gasteiger partial charge in [-0.15, -0.1) is 0 Å². The Kier molecular flexibility index (Phi) is 8.19. The molecule has 0 aromatic heterocycles. The Bertz CT molecular complexity index is 1380. The van der Waals surface area contributed by atoms with Crippen molar-refractivity contribution >= 4 is 17.8 Å². The van der Waals surface area contributed by atoms with E-state index >= 15 is 0 Å². The topological polar surface area (TPSA) is 142 Å². The van der Waals surface area contributed by atoms with E-state index < -0.39 is 40.8 Å². The molecule has 2 amide bonds. The Hall–Kier alpha value is -3.67. The summed E-state index contributed by atoms with van der Waals surface area (Å²) in [6.07, 6.45) is 0.573. The Morgan fingerprint density at radius 1 is 1.07 bits per heavy atom. The molecule has 3 atom stereocenters. The van der Waals surface area contributed by atoms with E-state index in [9.17, 15) is 14.7 Å². The van der Waals surface area contributed by atoms with Crippen molar-refractivity contribution in [3.05, 3.63) is 59.2 Å². The van der Waals surface area contributed by atoms with E-state index in [0.717, 1.165) is 0 Å². The van der Waals surface area contributed by atoms with Crippen LogP contribution in [-0.2, 0) is 14.3 Å². The maximum atomic E-state index is 13.8. The molecule has 3 aliphatic heterocycles. The van der Waals surface area contributed by atoms with Crippen molar-refractivity contribution < 1.29 is 33.6 Å². The van der Waals surface area contributed by atoms with Crippen LogP contribution in [0.2, 0.25) is 0 Å². The average molecular weight is 595 g/mol. The quantitative estimate of drug-likeness (QED) is 0.346. The number of rotatable bonds is 9. The molecule has 0 aliphatic carbocycles. The second kappa shape index (κ2) is 11.4. The normalized spacial score (nSPS) is 24.7. The maximum absolute atomic E-state index is 13.8. The number of guanidine groups is 1. The van der Waals surface area contributed by atoms with Crippen molar-refractivity contribution in [1.82, 2.24) is 15.5 Å². The zero-order chi connectivity index (χ0) is 31.2. The minimum atomic E-state index is -1.16. The molecule has 11 heteroatoms. The van der Waals surface area contributed by atoms with Crippen LogP contribution in [0.4, 0.5) is 0 Å². The van der Waals surface area contributed by atoms with Crippen molar-refractivity contribution in [2.45, 2.75) is 81.9 Å². The molecule has 0 unspecified atom stereocenters. The first-order valence-electron chi connectivity index (χ1n) is 14.7. The molecule has 0 bridgehead atoms. The second-order valence-electron chi connectivity index (χ2n) is 12.2. The van der Waals surface area contributed by atoms with Crippen LogP contribution in [0.3, 0.4) is 0 Å². The molecule has 1 fully saturated rings. The third-order valence-electron chi connectivity index (χ3n) is 9.09. The number of benzene rings is 2. The van der Waals surface area contributed by atoms with Gasteiger partial charge in [0.2, 0.25) is 5.91 Å². The van der Waals surface area contributed by atoms with E-state index in [4.69, 9.17) is 24.4 Å². The molecule has 0 spiro atoms. The molecule has 3 aliphatic rings. The van der Waals surface area contributed by atoms with Crippen molar-refractivity contribution in [3.8, 4) is 11.5 Å². The SMILES string of the molecule is CCC1(CC)CC(=O)N([C@H]2c3cc(C(=O)N[C@@H]4c5ccccc5OC(C)(C)[C@H]4O)ccc3OC2(COC)COC)C(=N)N1. The van der Waals surface area contributed by atoms with E-state index in [0.29, 0.717) is 41.0 Å². The van der Waals surface area contributed by atoms with Crippen LogP contribution in [0.5, 0.6) is 11.5 Å². The standard InChI is InChI=1S/C32H42N4O7/c1-7-31(8-2)16-24(37)36(29(33)35-31)26-21-15-19(13-14-23(21)43-32(26,17-40-5)18-41-6)28(39)34-25-20-11-9-10-12-22(20)42-30(3,4)27(25)38/h9-15,25-27,38H,7-8,16-18H2,1-6H3,(H2,33,35)(H,34,39)/t25-,26+,27+/m1/s1. The lowest BCUT2D eigenvalue weighted by atomic mass is 9.84. The molecule has 4 N–H and O–H groups in total. The number of aliphatic hydroxyl groups excluding tert-OH is 1. The van der Waals surface area contributed by atoms with E-state index in [-0.39, 0.29) is 31.5 Å². The third kappa shape index (κ3) is 5.23. The van der Waals surface area contributed by atoms with Crippen molar-refractivity contribution in [1.29, 1.82) is 5.41 Å². The van der Waals surface area contributed by atoms with Gasteiger partial charge in [0.15, 0.2) is 11.6 Å². The molecule has 5 rings (SSSR count). The summed E-state index contributed by atoms with van der Waals surface area (Å²) in [6, 6.07) is 10.8. The van der Waals surface area contributed by atoms with Crippen LogP contribution < -0.4 is 20.1 Å². The Labute approximate surface area is 252 Å². The summed E-state index contributed by atoms with van der Waals surface area (Å²) < 4.78 is 23.6. The minimum Gasteiger partial charge on any atom is -0.485 e. The fourth-order valence-electron chi connectivity index (χ4n) is 6.61. The molecule has 0 saturated carbocycles. The van der Waals surface area contributed by atoms with E-state index in [1.165, 1.54) is 4.90 Å². The van der Waals surface area contributed by atoms with Gasteiger partial charge in [0, 0.05) is 36.4 Å². The maximum Gasteiger partial charge on any atom is 0.251 e. The first-order valence-corrected chi connectivity index (χ1v) is 14.7. The molecular weight excluding hydrogens is 552 g/mol.